The van der Waals surface area contributed by atoms with E-state index < -0.39 is 15.6 Å². The van der Waals surface area contributed by atoms with Gasteiger partial charge in [0.15, 0.2) is 5.82 Å². The Balaban J connectivity index is 1.77. The van der Waals surface area contributed by atoms with Gasteiger partial charge in [0.2, 0.25) is 10.0 Å². The molecule has 0 N–H and O–H groups in total. The number of piperidine rings is 1. The topological polar surface area (TPSA) is 75.6 Å². The van der Waals surface area contributed by atoms with Gasteiger partial charge in [-0.15, -0.1) is 5.10 Å². The molecular formula is C15H24N4O3S. The maximum atomic E-state index is 12.2. The first kappa shape index (κ1) is 16.6. The predicted octanol–water partition coefficient (Wildman–Crippen LogP) is 0.806. The van der Waals surface area contributed by atoms with Crippen molar-refractivity contribution in [1.29, 1.82) is 0 Å². The molecule has 1 atom stereocenters. The second-order valence-corrected chi connectivity index (χ2v) is 8.58. The molecule has 0 amide bonds. The molecule has 1 aromatic heterocycles. The van der Waals surface area contributed by atoms with E-state index in [4.69, 9.17) is 4.74 Å². The average Bonchev–Trinajstić information content (AvgIpc) is 2.55. The van der Waals surface area contributed by atoms with Crippen molar-refractivity contribution in [2.45, 2.75) is 32.3 Å². The first-order valence-corrected chi connectivity index (χ1v) is 9.72. The normalized spacial score (nSPS) is 26.6. The van der Waals surface area contributed by atoms with Crippen LogP contribution in [0.25, 0.3) is 0 Å². The molecule has 0 aliphatic carbocycles. The monoisotopic (exact) mass is 340 g/mol. The maximum Gasteiger partial charge on any atom is 0.214 e. The molecule has 3 rings (SSSR count). The van der Waals surface area contributed by atoms with Gasteiger partial charge in [0.25, 0.3) is 0 Å². The lowest BCUT2D eigenvalue weighted by Crippen LogP contribution is -2.61. The van der Waals surface area contributed by atoms with Gasteiger partial charge in [0, 0.05) is 26.2 Å². The minimum atomic E-state index is -3.18. The third kappa shape index (κ3) is 3.49. The zero-order chi connectivity index (χ0) is 16.5. The Morgan fingerprint density at radius 1 is 1.26 bits per heavy atom. The Hall–Kier alpha value is -1.25. The van der Waals surface area contributed by atoms with Crippen LogP contribution in [0, 0.1) is 6.92 Å². The van der Waals surface area contributed by atoms with E-state index in [0.717, 1.165) is 30.9 Å². The van der Waals surface area contributed by atoms with Crippen LogP contribution in [0.4, 0.5) is 5.82 Å². The Bertz CT molecular complexity index is 645. The summed E-state index contributed by atoms with van der Waals surface area (Å²) in [4.78, 5) is 2.15. The van der Waals surface area contributed by atoms with Crippen molar-refractivity contribution >= 4 is 15.8 Å². The number of morpholine rings is 1. The lowest BCUT2D eigenvalue weighted by molar-refractivity contribution is -0.0950. The number of rotatable bonds is 3. The van der Waals surface area contributed by atoms with Crippen LogP contribution in [-0.2, 0) is 14.8 Å². The Kier molecular flexibility index (Phi) is 4.57. The van der Waals surface area contributed by atoms with Gasteiger partial charge in [-0.2, -0.15) is 9.40 Å². The van der Waals surface area contributed by atoms with Crippen LogP contribution in [0.15, 0.2) is 12.1 Å². The lowest BCUT2D eigenvalue weighted by atomic mass is 9.91. The fourth-order valence-corrected chi connectivity index (χ4v) is 4.48. The number of nitrogens with zero attached hydrogens (tertiary/aromatic N) is 4. The number of hydrogen-bond donors (Lipinski definition) is 0. The van der Waals surface area contributed by atoms with Gasteiger partial charge in [0.1, 0.15) is 0 Å². The highest BCUT2D eigenvalue weighted by atomic mass is 32.2. The summed E-state index contributed by atoms with van der Waals surface area (Å²) in [6.07, 6.45) is 1.83. The molecule has 1 unspecified atom stereocenters. The first-order chi connectivity index (χ1) is 10.9. The molecular weight excluding hydrogens is 316 g/mol. The molecule has 0 saturated carbocycles. The van der Waals surface area contributed by atoms with E-state index in [0.29, 0.717) is 26.2 Å². The molecule has 2 aliphatic heterocycles. The van der Waals surface area contributed by atoms with E-state index in [9.17, 15) is 8.42 Å². The van der Waals surface area contributed by atoms with Gasteiger partial charge in [-0.05, 0) is 38.8 Å². The largest absolute Gasteiger partial charge is 0.370 e. The molecule has 0 radical (unpaired) electrons. The average molecular weight is 340 g/mol. The molecule has 0 aromatic carbocycles. The summed E-state index contributed by atoms with van der Waals surface area (Å²) in [7, 11) is -3.18. The minimum Gasteiger partial charge on any atom is -0.370 e. The maximum absolute atomic E-state index is 12.2. The number of hydrogen-bond acceptors (Lipinski definition) is 6. The summed E-state index contributed by atoms with van der Waals surface area (Å²) in [5.41, 5.74) is 0.445. The highest BCUT2D eigenvalue weighted by Crippen LogP contribution is 2.31. The molecule has 1 spiro atoms. The summed E-state index contributed by atoms with van der Waals surface area (Å²) in [6.45, 7) is 6.47. The Labute approximate surface area is 137 Å². The summed E-state index contributed by atoms with van der Waals surface area (Å²) < 4.78 is 32.0. The number of ether oxygens (including phenoxy) is 1. The van der Waals surface area contributed by atoms with Crippen LogP contribution in [0.3, 0.4) is 0 Å². The molecule has 3 heterocycles. The van der Waals surface area contributed by atoms with Gasteiger partial charge in [-0.25, -0.2) is 8.42 Å². The van der Waals surface area contributed by atoms with Gasteiger partial charge in [-0.1, -0.05) is 0 Å². The SMILES string of the molecule is CCS(=O)(=O)N1CCOC2(CCCN(c3ccc(C)nn3)C2)C1. The molecule has 2 aliphatic rings. The van der Waals surface area contributed by atoms with E-state index in [1.807, 2.05) is 19.1 Å². The van der Waals surface area contributed by atoms with E-state index in [2.05, 4.69) is 15.1 Å². The molecule has 128 valence electrons. The predicted molar refractivity (Wildman–Crippen MR) is 87.9 cm³/mol. The van der Waals surface area contributed by atoms with Gasteiger partial charge in [0.05, 0.1) is 23.7 Å². The van der Waals surface area contributed by atoms with Gasteiger partial charge in [-0.3, -0.25) is 0 Å². The second-order valence-electron chi connectivity index (χ2n) is 6.32. The number of anilines is 1. The van der Waals surface area contributed by atoms with Crippen molar-refractivity contribution < 1.29 is 13.2 Å². The summed E-state index contributed by atoms with van der Waals surface area (Å²) in [6, 6.07) is 3.91. The standard InChI is InChI=1S/C15H24N4O3S/c1-3-23(20,21)19-9-10-22-15(12-19)7-4-8-18(11-15)14-6-5-13(2)16-17-14/h5-6H,3-4,7-12H2,1-2H3. The second kappa shape index (κ2) is 6.33. The van der Waals surface area contributed by atoms with Gasteiger partial charge < -0.3 is 9.64 Å². The van der Waals surface area contributed by atoms with Crippen molar-refractivity contribution in [3.8, 4) is 0 Å². The molecule has 7 nitrogen and oxygen atoms in total. The van der Waals surface area contributed by atoms with Crippen molar-refractivity contribution in [3.63, 3.8) is 0 Å². The first-order valence-electron chi connectivity index (χ1n) is 8.11. The van der Waals surface area contributed by atoms with Crippen LogP contribution in [0.5, 0.6) is 0 Å². The van der Waals surface area contributed by atoms with Crippen LogP contribution in [0.1, 0.15) is 25.5 Å². The smallest absolute Gasteiger partial charge is 0.214 e. The Morgan fingerprint density at radius 2 is 2.09 bits per heavy atom. The van der Waals surface area contributed by atoms with E-state index >= 15 is 0 Å². The highest BCUT2D eigenvalue weighted by molar-refractivity contribution is 7.89. The number of aryl methyl sites for hydroxylation is 1. The fraction of sp³-hybridized carbons (Fsp3) is 0.733. The number of aromatic nitrogens is 2. The fourth-order valence-electron chi connectivity index (χ4n) is 3.33. The summed E-state index contributed by atoms with van der Waals surface area (Å²) in [5, 5.41) is 8.37. The molecule has 2 fully saturated rings. The van der Waals surface area contributed by atoms with Crippen LogP contribution in [0.2, 0.25) is 0 Å². The zero-order valence-corrected chi connectivity index (χ0v) is 14.5. The quantitative estimate of drug-likeness (QED) is 0.810. The molecule has 1 aromatic rings. The molecule has 2 saturated heterocycles. The lowest BCUT2D eigenvalue weighted by Gasteiger charge is -2.47. The Morgan fingerprint density at radius 3 is 2.78 bits per heavy atom. The van der Waals surface area contributed by atoms with E-state index in [1.54, 1.807) is 11.2 Å². The summed E-state index contributed by atoms with van der Waals surface area (Å²) >= 11 is 0. The van der Waals surface area contributed by atoms with Gasteiger partial charge >= 0.3 is 0 Å². The van der Waals surface area contributed by atoms with E-state index in [1.165, 1.54) is 0 Å². The van der Waals surface area contributed by atoms with Crippen molar-refractivity contribution in [2.75, 3.05) is 43.4 Å². The zero-order valence-electron chi connectivity index (χ0n) is 13.7. The molecule has 0 bridgehead atoms. The van der Waals surface area contributed by atoms with Crippen molar-refractivity contribution in [1.82, 2.24) is 14.5 Å². The van der Waals surface area contributed by atoms with E-state index in [-0.39, 0.29) is 5.75 Å². The number of sulfonamides is 1. The molecule has 8 heteroatoms. The third-order valence-electron chi connectivity index (χ3n) is 4.62. The molecule has 23 heavy (non-hydrogen) atoms. The highest BCUT2D eigenvalue weighted by Gasteiger charge is 2.43. The van der Waals surface area contributed by atoms with Crippen molar-refractivity contribution in [3.05, 3.63) is 17.8 Å². The van der Waals surface area contributed by atoms with Crippen LogP contribution >= 0.6 is 0 Å². The van der Waals surface area contributed by atoms with Crippen molar-refractivity contribution in [2.24, 2.45) is 0 Å². The third-order valence-corrected chi connectivity index (χ3v) is 6.45. The van der Waals surface area contributed by atoms with Crippen LogP contribution < -0.4 is 4.90 Å². The minimum absolute atomic E-state index is 0.135. The van der Waals surface area contributed by atoms with Crippen LogP contribution in [-0.4, -0.2) is 67.1 Å². The summed E-state index contributed by atoms with van der Waals surface area (Å²) in [5.74, 6) is 0.963.